The van der Waals surface area contributed by atoms with E-state index in [0.29, 0.717) is 34.7 Å². The third-order valence-corrected chi connectivity index (χ3v) is 3.58. The number of hydrogen-bond acceptors (Lipinski definition) is 3. The lowest BCUT2D eigenvalue weighted by atomic mass is 10.1. The zero-order chi connectivity index (χ0) is 13.1. The van der Waals surface area contributed by atoms with Crippen LogP contribution >= 0.6 is 15.9 Å². The number of rotatable bonds is 1. The molecule has 3 rings (SSSR count). The van der Waals surface area contributed by atoms with Crippen molar-refractivity contribution in [1.82, 2.24) is 9.55 Å². The summed E-state index contributed by atoms with van der Waals surface area (Å²) in [6.07, 6.45) is 0. The van der Waals surface area contributed by atoms with E-state index in [2.05, 4.69) is 20.9 Å². The van der Waals surface area contributed by atoms with Gasteiger partial charge in [-0.15, -0.1) is 0 Å². The Labute approximate surface area is 112 Å². The van der Waals surface area contributed by atoms with E-state index in [1.807, 2.05) is 4.57 Å². The van der Waals surface area contributed by atoms with Crippen molar-refractivity contribution in [2.45, 2.75) is 26.0 Å². The zero-order valence-corrected chi connectivity index (χ0v) is 11.6. The van der Waals surface area contributed by atoms with Crippen molar-refractivity contribution in [3.8, 4) is 5.75 Å². The number of nitrogens with zero attached hydrogens (tertiary/aromatic N) is 2. The monoisotopic (exact) mass is 314 g/mol. The van der Waals surface area contributed by atoms with E-state index < -0.39 is 11.4 Å². The summed E-state index contributed by atoms with van der Waals surface area (Å²) in [6.45, 7) is 4.31. The van der Waals surface area contributed by atoms with Crippen LogP contribution in [0.1, 0.15) is 19.7 Å². The van der Waals surface area contributed by atoms with E-state index in [0.717, 1.165) is 0 Å². The second kappa shape index (κ2) is 3.68. The SMILES string of the molecule is CC(C)(O)c1nc2c(F)cc(Br)c3c2n1CCO3. The minimum atomic E-state index is -1.12. The average Bonchev–Trinajstić information content (AvgIpc) is 2.66. The number of halogens is 2. The Kier molecular flexibility index (Phi) is 2.44. The zero-order valence-electron chi connectivity index (χ0n) is 10.00. The molecule has 0 saturated carbocycles. The van der Waals surface area contributed by atoms with Crippen LogP contribution in [0.4, 0.5) is 4.39 Å². The van der Waals surface area contributed by atoms with E-state index in [9.17, 15) is 9.50 Å². The van der Waals surface area contributed by atoms with Crippen molar-refractivity contribution >= 4 is 27.0 Å². The molecule has 18 heavy (non-hydrogen) atoms. The molecule has 0 bridgehead atoms. The van der Waals surface area contributed by atoms with Gasteiger partial charge < -0.3 is 14.4 Å². The quantitative estimate of drug-likeness (QED) is 0.880. The number of imidazole rings is 1. The van der Waals surface area contributed by atoms with E-state index in [1.165, 1.54) is 6.07 Å². The summed E-state index contributed by atoms with van der Waals surface area (Å²) in [6, 6.07) is 1.34. The third-order valence-electron chi connectivity index (χ3n) is 2.99. The highest BCUT2D eigenvalue weighted by atomic mass is 79.9. The number of aromatic nitrogens is 2. The van der Waals surface area contributed by atoms with Crippen LogP contribution in [0, 0.1) is 5.82 Å². The molecule has 1 aromatic carbocycles. The Morgan fingerprint density at radius 3 is 2.94 bits per heavy atom. The number of aliphatic hydroxyl groups is 1. The highest BCUT2D eigenvalue weighted by Crippen LogP contribution is 2.39. The molecule has 0 fully saturated rings. The molecule has 0 amide bonds. The highest BCUT2D eigenvalue weighted by molar-refractivity contribution is 9.10. The summed E-state index contributed by atoms with van der Waals surface area (Å²) in [5.74, 6) is 0.620. The van der Waals surface area contributed by atoms with Crippen LogP contribution in [-0.4, -0.2) is 21.3 Å². The second-order valence-corrected chi connectivity index (χ2v) is 5.72. The van der Waals surface area contributed by atoms with Crippen molar-refractivity contribution in [2.75, 3.05) is 6.61 Å². The van der Waals surface area contributed by atoms with Gasteiger partial charge in [0.1, 0.15) is 29.1 Å². The molecule has 0 radical (unpaired) electrons. The lowest BCUT2D eigenvalue weighted by Gasteiger charge is -2.23. The molecule has 0 atom stereocenters. The number of benzene rings is 1. The van der Waals surface area contributed by atoms with Crippen LogP contribution in [0.3, 0.4) is 0 Å². The molecule has 96 valence electrons. The Morgan fingerprint density at radius 1 is 1.56 bits per heavy atom. The molecule has 4 nitrogen and oxygen atoms in total. The van der Waals surface area contributed by atoms with Crippen LogP contribution in [0.5, 0.6) is 5.75 Å². The van der Waals surface area contributed by atoms with Gasteiger partial charge in [-0.2, -0.15) is 0 Å². The van der Waals surface area contributed by atoms with Gasteiger partial charge in [-0.3, -0.25) is 0 Å². The predicted octanol–water partition coefficient (Wildman–Crippen LogP) is 2.56. The van der Waals surface area contributed by atoms with Gasteiger partial charge >= 0.3 is 0 Å². The number of hydrogen-bond donors (Lipinski definition) is 1. The summed E-state index contributed by atoms with van der Waals surface area (Å²) in [5.41, 5.74) is -0.276. The lowest BCUT2D eigenvalue weighted by Crippen LogP contribution is -2.25. The Bertz CT molecular complexity index is 646. The summed E-state index contributed by atoms with van der Waals surface area (Å²) in [4.78, 5) is 4.23. The lowest BCUT2D eigenvalue weighted by molar-refractivity contribution is 0.0638. The number of ether oxygens (including phenoxy) is 1. The fraction of sp³-hybridized carbons (Fsp3) is 0.417. The van der Waals surface area contributed by atoms with Crippen molar-refractivity contribution in [3.63, 3.8) is 0 Å². The van der Waals surface area contributed by atoms with Crippen LogP contribution in [0.15, 0.2) is 10.5 Å². The Balaban J connectivity index is 2.45. The van der Waals surface area contributed by atoms with E-state index in [1.54, 1.807) is 13.8 Å². The van der Waals surface area contributed by atoms with Crippen LogP contribution in [-0.2, 0) is 12.1 Å². The van der Waals surface area contributed by atoms with Crippen molar-refractivity contribution in [3.05, 3.63) is 22.2 Å². The molecule has 0 spiro atoms. The highest BCUT2D eigenvalue weighted by Gasteiger charge is 2.30. The molecule has 1 aliphatic rings. The van der Waals surface area contributed by atoms with E-state index in [4.69, 9.17) is 4.74 Å². The maximum atomic E-state index is 13.9. The molecule has 0 unspecified atom stereocenters. The fourth-order valence-electron chi connectivity index (χ4n) is 2.27. The first kappa shape index (κ1) is 11.9. The van der Waals surface area contributed by atoms with Gasteiger partial charge in [0.15, 0.2) is 11.6 Å². The molecule has 0 aliphatic carbocycles. The van der Waals surface area contributed by atoms with Gasteiger partial charge in [0.2, 0.25) is 0 Å². The van der Waals surface area contributed by atoms with Gasteiger partial charge in [0.25, 0.3) is 0 Å². The molecule has 0 saturated heterocycles. The summed E-state index contributed by atoms with van der Waals surface area (Å²) in [7, 11) is 0. The van der Waals surface area contributed by atoms with Gasteiger partial charge in [-0.25, -0.2) is 9.37 Å². The third kappa shape index (κ3) is 1.55. The second-order valence-electron chi connectivity index (χ2n) is 4.86. The van der Waals surface area contributed by atoms with Crippen molar-refractivity contribution in [2.24, 2.45) is 0 Å². The fourth-order valence-corrected chi connectivity index (χ4v) is 2.77. The normalized spacial score (nSPS) is 14.9. The first-order valence-electron chi connectivity index (χ1n) is 5.63. The molecule has 6 heteroatoms. The maximum Gasteiger partial charge on any atom is 0.159 e. The van der Waals surface area contributed by atoms with Crippen LogP contribution < -0.4 is 4.74 Å². The minimum absolute atomic E-state index is 0.241. The van der Waals surface area contributed by atoms with Gasteiger partial charge in [0.05, 0.1) is 11.0 Å². The van der Waals surface area contributed by atoms with Crippen LogP contribution in [0.25, 0.3) is 11.0 Å². The first-order valence-corrected chi connectivity index (χ1v) is 6.43. The largest absolute Gasteiger partial charge is 0.488 e. The van der Waals surface area contributed by atoms with Crippen LogP contribution in [0.2, 0.25) is 0 Å². The minimum Gasteiger partial charge on any atom is -0.488 e. The molecule has 1 aromatic heterocycles. The smallest absolute Gasteiger partial charge is 0.159 e. The summed E-state index contributed by atoms with van der Waals surface area (Å²) >= 11 is 3.29. The molecular weight excluding hydrogens is 303 g/mol. The average molecular weight is 315 g/mol. The topological polar surface area (TPSA) is 47.3 Å². The summed E-state index contributed by atoms with van der Waals surface area (Å²) < 4.78 is 21.9. The maximum absolute atomic E-state index is 13.9. The molecule has 1 N–H and O–H groups in total. The van der Waals surface area contributed by atoms with Gasteiger partial charge in [-0.05, 0) is 35.8 Å². The molecule has 2 heterocycles. The Morgan fingerprint density at radius 2 is 2.28 bits per heavy atom. The van der Waals surface area contributed by atoms with E-state index >= 15 is 0 Å². The van der Waals surface area contributed by atoms with Gasteiger partial charge in [0, 0.05) is 0 Å². The predicted molar refractivity (Wildman–Crippen MR) is 68.1 cm³/mol. The van der Waals surface area contributed by atoms with Gasteiger partial charge in [-0.1, -0.05) is 0 Å². The molecule has 1 aliphatic heterocycles. The summed E-state index contributed by atoms with van der Waals surface area (Å²) in [5, 5.41) is 10.1. The molecule has 2 aromatic rings. The first-order chi connectivity index (χ1) is 8.39. The van der Waals surface area contributed by atoms with Crippen molar-refractivity contribution in [1.29, 1.82) is 0 Å². The van der Waals surface area contributed by atoms with E-state index in [-0.39, 0.29) is 5.52 Å². The molecular formula is C12H12BrFN2O2. The standard InChI is InChI=1S/C12H12BrFN2O2/c1-12(2,17)11-15-8-7(14)5-6(13)10-9(8)16(11)3-4-18-10/h5,17H,3-4H2,1-2H3. The Hall–Kier alpha value is -1.14. The van der Waals surface area contributed by atoms with Crippen molar-refractivity contribution < 1.29 is 14.2 Å².